The van der Waals surface area contributed by atoms with Crippen LogP contribution in [0.5, 0.6) is 0 Å². The lowest BCUT2D eigenvalue weighted by Gasteiger charge is -2.20. The van der Waals surface area contributed by atoms with E-state index in [0.717, 1.165) is 38.5 Å². The minimum atomic E-state index is -4.38. The molecule has 42 heavy (non-hydrogen) atoms. The van der Waals surface area contributed by atoms with Crippen LogP contribution in [-0.2, 0) is 14.9 Å². The lowest BCUT2D eigenvalue weighted by Crippen LogP contribution is -2.46. The summed E-state index contributed by atoms with van der Waals surface area (Å²) in [6.45, 7) is 4.34. The predicted octanol–water partition coefficient (Wildman–Crippen LogP) is 8.50. The highest BCUT2D eigenvalue weighted by atomic mass is 32.2. The van der Waals surface area contributed by atoms with Crippen molar-refractivity contribution in [1.29, 1.82) is 0 Å². The van der Waals surface area contributed by atoms with Gasteiger partial charge in [0, 0.05) is 6.42 Å². The molecule has 238 valence electrons. The molecule has 0 aliphatic rings. The van der Waals surface area contributed by atoms with Crippen LogP contribution in [0.4, 0.5) is 0 Å². The van der Waals surface area contributed by atoms with E-state index in [1.165, 1.54) is 44.6 Å². The first kappa shape index (κ1) is 39.5. The molecule has 0 aliphatic carbocycles. The van der Waals surface area contributed by atoms with Crippen molar-refractivity contribution >= 4 is 16.0 Å². The van der Waals surface area contributed by atoms with Gasteiger partial charge < -0.3 is 10.4 Å². The Labute approximate surface area is 256 Å². The van der Waals surface area contributed by atoms with Gasteiger partial charge in [-0.15, -0.1) is 0 Å². The summed E-state index contributed by atoms with van der Waals surface area (Å²) in [5.74, 6) is -1.18. The highest BCUT2D eigenvalue weighted by molar-refractivity contribution is 7.85. The smallest absolute Gasteiger partial charge is 0.267 e. The van der Waals surface area contributed by atoms with Crippen LogP contribution >= 0.6 is 0 Å². The zero-order valence-corrected chi connectivity index (χ0v) is 26.9. The second kappa shape index (κ2) is 28.6. The molecule has 0 aromatic carbocycles. The van der Waals surface area contributed by atoms with Crippen molar-refractivity contribution in [3.63, 3.8) is 0 Å². The van der Waals surface area contributed by atoms with Crippen molar-refractivity contribution in [3.05, 3.63) is 85.1 Å². The Hall–Kier alpha value is -2.48. The summed E-state index contributed by atoms with van der Waals surface area (Å²) >= 11 is 0. The fourth-order valence-corrected chi connectivity index (χ4v) is 4.73. The molecule has 0 aliphatic heterocycles. The molecular formula is C35H57NO5S. The van der Waals surface area contributed by atoms with E-state index in [0.29, 0.717) is 12.8 Å². The van der Waals surface area contributed by atoms with Gasteiger partial charge in [-0.05, 0) is 57.8 Å². The molecule has 0 saturated heterocycles. The molecule has 0 aromatic rings. The molecule has 6 nitrogen and oxygen atoms in total. The van der Waals surface area contributed by atoms with Crippen LogP contribution in [0, 0.1) is 0 Å². The second-order valence-corrected chi connectivity index (χ2v) is 11.9. The first-order chi connectivity index (χ1) is 20.3. The van der Waals surface area contributed by atoms with E-state index in [1.54, 1.807) is 12.2 Å². The maximum Gasteiger partial charge on any atom is 0.267 e. The van der Waals surface area contributed by atoms with E-state index < -0.39 is 33.9 Å². The normalized spacial score (nSPS) is 14.7. The van der Waals surface area contributed by atoms with E-state index in [4.69, 9.17) is 0 Å². The minimum absolute atomic E-state index is 0.0509. The number of hydrogen-bond donors (Lipinski definition) is 3. The number of amides is 1. The number of carbonyl (C=O) groups is 1. The summed E-state index contributed by atoms with van der Waals surface area (Å²) in [4.78, 5) is 12.3. The van der Waals surface area contributed by atoms with E-state index >= 15 is 0 Å². The number of unbranched alkanes of at least 4 members (excludes halogenated alkanes) is 7. The molecule has 2 unspecified atom stereocenters. The summed E-state index contributed by atoms with van der Waals surface area (Å²) < 4.78 is 32.2. The number of nitrogens with one attached hydrogen (secondary N) is 1. The maximum atomic E-state index is 12.3. The molecule has 3 N–H and O–H groups in total. The Morgan fingerprint density at radius 2 is 1.17 bits per heavy atom. The van der Waals surface area contributed by atoms with Crippen molar-refractivity contribution in [2.45, 2.75) is 122 Å². The summed E-state index contributed by atoms with van der Waals surface area (Å²) in [6, 6.07) is -1.13. The van der Waals surface area contributed by atoms with Crippen molar-refractivity contribution in [3.8, 4) is 0 Å². The Bertz CT molecular complexity index is 973. The molecule has 0 aromatic heterocycles. The lowest BCUT2D eigenvalue weighted by atomic mass is 10.1. The van der Waals surface area contributed by atoms with E-state index in [-0.39, 0.29) is 6.42 Å². The third-order valence-electron chi connectivity index (χ3n) is 6.33. The van der Waals surface area contributed by atoms with Gasteiger partial charge in [0.2, 0.25) is 5.91 Å². The first-order valence-corrected chi connectivity index (χ1v) is 17.4. The van der Waals surface area contributed by atoms with Crippen LogP contribution in [0.25, 0.3) is 0 Å². The zero-order chi connectivity index (χ0) is 31.2. The Balaban J connectivity index is 4.34. The molecule has 7 heteroatoms. The summed E-state index contributed by atoms with van der Waals surface area (Å²) in [5, 5.41) is 13.0. The number of allylic oxidation sites excluding steroid dienone is 12. The molecule has 0 heterocycles. The number of aliphatic hydroxyl groups excluding tert-OH is 1. The largest absolute Gasteiger partial charge is 0.387 e. The van der Waals surface area contributed by atoms with E-state index in [2.05, 4.69) is 73.8 Å². The number of carbonyl (C=O) groups excluding carboxylic acids is 1. The van der Waals surface area contributed by atoms with Gasteiger partial charge in [-0.25, -0.2) is 0 Å². The third-order valence-corrected chi connectivity index (χ3v) is 7.11. The first-order valence-electron chi connectivity index (χ1n) is 15.8. The zero-order valence-electron chi connectivity index (χ0n) is 26.1. The molecule has 0 saturated carbocycles. The number of hydrogen-bond acceptors (Lipinski definition) is 4. The average Bonchev–Trinajstić information content (AvgIpc) is 2.94. The Morgan fingerprint density at radius 3 is 1.74 bits per heavy atom. The third kappa shape index (κ3) is 29.0. The SMILES string of the molecule is CC/C=C\C/C=C\C/C=C\C/C=C\C/C=C\CC(=O)NC(CS(=O)(=O)O)C(O)/C=C/CC/C=C/CCCCCCCC. The van der Waals surface area contributed by atoms with Gasteiger partial charge in [-0.2, -0.15) is 8.42 Å². The van der Waals surface area contributed by atoms with E-state index in [9.17, 15) is 22.9 Å². The highest BCUT2D eigenvalue weighted by Crippen LogP contribution is 2.08. The molecule has 1 amide bonds. The predicted molar refractivity (Wildman–Crippen MR) is 179 cm³/mol. The van der Waals surface area contributed by atoms with Gasteiger partial charge >= 0.3 is 0 Å². The van der Waals surface area contributed by atoms with Crippen LogP contribution in [0.1, 0.15) is 110 Å². The van der Waals surface area contributed by atoms with Crippen molar-refractivity contribution in [2.24, 2.45) is 0 Å². The van der Waals surface area contributed by atoms with Crippen LogP contribution in [-0.4, -0.2) is 41.9 Å². The van der Waals surface area contributed by atoms with Crippen molar-refractivity contribution in [2.75, 3.05) is 5.75 Å². The van der Waals surface area contributed by atoms with Crippen molar-refractivity contribution < 1.29 is 22.9 Å². The minimum Gasteiger partial charge on any atom is -0.387 e. The van der Waals surface area contributed by atoms with Gasteiger partial charge in [-0.3, -0.25) is 9.35 Å². The monoisotopic (exact) mass is 603 g/mol. The average molecular weight is 604 g/mol. The molecule has 0 radical (unpaired) electrons. The molecule has 0 bridgehead atoms. The lowest BCUT2D eigenvalue weighted by molar-refractivity contribution is -0.121. The quantitative estimate of drug-likeness (QED) is 0.0522. The highest BCUT2D eigenvalue weighted by Gasteiger charge is 2.24. The van der Waals surface area contributed by atoms with Gasteiger partial charge in [0.1, 0.15) is 0 Å². The Morgan fingerprint density at radius 1 is 0.667 bits per heavy atom. The molecule has 0 spiro atoms. The van der Waals surface area contributed by atoms with Crippen LogP contribution in [0.15, 0.2) is 85.1 Å². The van der Waals surface area contributed by atoms with Gasteiger partial charge in [0.25, 0.3) is 10.1 Å². The van der Waals surface area contributed by atoms with Gasteiger partial charge in [0.05, 0.1) is 17.9 Å². The van der Waals surface area contributed by atoms with Gasteiger partial charge in [-0.1, -0.05) is 131 Å². The maximum absolute atomic E-state index is 12.3. The fraction of sp³-hybridized carbons (Fsp3) is 0.571. The van der Waals surface area contributed by atoms with E-state index in [1.807, 2.05) is 12.2 Å². The second-order valence-electron chi connectivity index (χ2n) is 10.4. The van der Waals surface area contributed by atoms with Crippen LogP contribution in [0.3, 0.4) is 0 Å². The van der Waals surface area contributed by atoms with Gasteiger partial charge in [0.15, 0.2) is 0 Å². The number of aliphatic hydroxyl groups is 1. The van der Waals surface area contributed by atoms with Crippen molar-refractivity contribution in [1.82, 2.24) is 5.32 Å². The molecule has 2 atom stereocenters. The summed E-state index contributed by atoms with van der Waals surface area (Å²) in [6.07, 6.45) is 41.6. The summed E-state index contributed by atoms with van der Waals surface area (Å²) in [7, 11) is -4.38. The molecule has 0 fully saturated rings. The molecule has 0 rings (SSSR count). The fourth-order valence-electron chi connectivity index (χ4n) is 4.00. The Kier molecular flexibility index (Phi) is 26.9. The topological polar surface area (TPSA) is 104 Å². The van der Waals surface area contributed by atoms with Crippen LogP contribution in [0.2, 0.25) is 0 Å². The summed E-state index contributed by atoms with van der Waals surface area (Å²) in [5.41, 5.74) is 0. The number of rotatable bonds is 26. The molecular weight excluding hydrogens is 546 g/mol. The van der Waals surface area contributed by atoms with Crippen LogP contribution < -0.4 is 5.32 Å². The standard InChI is InChI=1S/C35H57NO5S/c1-3-5-7-9-11-13-15-17-18-19-21-23-25-27-29-31-35(38)36-33(32-42(39,40)41)34(37)30-28-26-24-22-20-16-14-12-10-8-6-4-2/h5,7,11,13,17-18,20-23,27-30,33-34,37H,3-4,6,8-10,12,14-16,19,24-26,31-32H2,1-2H3,(H,36,38)(H,39,40,41)/b7-5-,13-11-,18-17-,22-20+,23-21-,29-27-,30-28+.